The monoisotopic (exact) mass is 175 g/mol. The summed E-state index contributed by atoms with van der Waals surface area (Å²) in [6, 6.07) is 10.4. The van der Waals surface area contributed by atoms with Crippen LogP contribution in [0.25, 0.3) is 0 Å². The second kappa shape index (κ2) is 4.24. The van der Waals surface area contributed by atoms with Crippen LogP contribution in [-0.2, 0) is 6.54 Å². The highest BCUT2D eigenvalue weighted by Crippen LogP contribution is 2.05. The molecule has 0 spiro atoms. The van der Waals surface area contributed by atoms with Crippen molar-refractivity contribution in [2.75, 3.05) is 0 Å². The molecule has 0 aliphatic heterocycles. The van der Waals surface area contributed by atoms with Crippen LogP contribution in [-0.4, -0.2) is 5.54 Å². The maximum Gasteiger partial charge on any atom is 0.0307 e. The Kier molecular flexibility index (Phi) is 3.26. The molecule has 0 radical (unpaired) electrons. The quantitative estimate of drug-likeness (QED) is 0.694. The van der Waals surface area contributed by atoms with Crippen LogP contribution in [0.15, 0.2) is 43.0 Å². The van der Waals surface area contributed by atoms with Crippen LogP contribution in [0.1, 0.15) is 19.4 Å². The molecule has 0 aliphatic rings. The van der Waals surface area contributed by atoms with E-state index >= 15 is 0 Å². The lowest BCUT2D eigenvalue weighted by atomic mass is 10.1. The molecule has 0 aliphatic carbocycles. The Morgan fingerprint density at radius 3 is 2.46 bits per heavy atom. The molecule has 1 nitrogen and oxygen atoms in total. The zero-order valence-corrected chi connectivity index (χ0v) is 8.38. The van der Waals surface area contributed by atoms with Crippen molar-refractivity contribution in [1.82, 2.24) is 5.32 Å². The van der Waals surface area contributed by atoms with Gasteiger partial charge in [0.2, 0.25) is 0 Å². The summed E-state index contributed by atoms with van der Waals surface area (Å²) >= 11 is 0. The highest BCUT2D eigenvalue weighted by Gasteiger charge is 2.10. The molecule has 0 saturated carbocycles. The minimum Gasteiger partial charge on any atom is -0.304 e. The fourth-order valence-electron chi connectivity index (χ4n) is 0.998. The molecule has 0 amide bonds. The number of benzene rings is 1. The van der Waals surface area contributed by atoms with E-state index in [1.54, 1.807) is 0 Å². The van der Waals surface area contributed by atoms with Crippen molar-refractivity contribution < 1.29 is 0 Å². The molecule has 1 aromatic carbocycles. The maximum absolute atomic E-state index is 3.78. The lowest BCUT2D eigenvalue weighted by Crippen LogP contribution is -2.36. The number of rotatable bonds is 4. The molecular formula is C12H17N. The van der Waals surface area contributed by atoms with E-state index in [1.165, 1.54) is 5.56 Å². The SMILES string of the molecule is C=CC(C)(C)NCc1ccccc1. The third-order valence-electron chi connectivity index (χ3n) is 2.10. The van der Waals surface area contributed by atoms with Gasteiger partial charge in [-0.2, -0.15) is 0 Å². The first-order valence-electron chi connectivity index (χ1n) is 4.56. The van der Waals surface area contributed by atoms with Gasteiger partial charge in [0.05, 0.1) is 0 Å². The van der Waals surface area contributed by atoms with Gasteiger partial charge in [-0.25, -0.2) is 0 Å². The van der Waals surface area contributed by atoms with Crippen LogP contribution in [0.2, 0.25) is 0 Å². The van der Waals surface area contributed by atoms with Crippen LogP contribution in [0.4, 0.5) is 0 Å². The summed E-state index contributed by atoms with van der Waals surface area (Å²) in [5.74, 6) is 0. The van der Waals surface area contributed by atoms with Gasteiger partial charge in [-0.1, -0.05) is 36.4 Å². The Bertz CT molecular complexity index is 262. The largest absolute Gasteiger partial charge is 0.304 e. The van der Waals surface area contributed by atoms with E-state index in [4.69, 9.17) is 0 Å². The molecule has 1 heteroatoms. The third kappa shape index (κ3) is 3.43. The van der Waals surface area contributed by atoms with Crippen molar-refractivity contribution in [2.45, 2.75) is 25.9 Å². The summed E-state index contributed by atoms with van der Waals surface area (Å²) in [4.78, 5) is 0. The van der Waals surface area contributed by atoms with E-state index < -0.39 is 0 Å². The fraction of sp³-hybridized carbons (Fsp3) is 0.333. The lowest BCUT2D eigenvalue weighted by molar-refractivity contribution is 0.475. The Labute approximate surface area is 80.5 Å². The molecule has 1 aromatic rings. The standard InChI is InChI=1S/C12H17N/c1-4-12(2,3)13-10-11-8-6-5-7-9-11/h4-9,13H,1,10H2,2-3H3. The van der Waals surface area contributed by atoms with Crippen molar-refractivity contribution in [1.29, 1.82) is 0 Å². The van der Waals surface area contributed by atoms with E-state index in [-0.39, 0.29) is 5.54 Å². The molecule has 13 heavy (non-hydrogen) atoms. The van der Waals surface area contributed by atoms with Gasteiger partial charge in [0.25, 0.3) is 0 Å². The summed E-state index contributed by atoms with van der Waals surface area (Å²) in [6.07, 6.45) is 1.93. The molecule has 70 valence electrons. The molecule has 0 aromatic heterocycles. The highest BCUT2D eigenvalue weighted by atomic mass is 14.9. The predicted molar refractivity (Wildman–Crippen MR) is 57.6 cm³/mol. The summed E-state index contributed by atoms with van der Waals surface area (Å²) in [6.45, 7) is 8.90. The Balaban J connectivity index is 2.48. The number of nitrogens with one attached hydrogen (secondary N) is 1. The summed E-state index contributed by atoms with van der Waals surface area (Å²) in [7, 11) is 0. The van der Waals surface area contributed by atoms with Gasteiger partial charge in [-0.05, 0) is 19.4 Å². The zero-order chi connectivity index (χ0) is 9.73. The molecule has 1 rings (SSSR count). The first kappa shape index (κ1) is 10.0. The van der Waals surface area contributed by atoms with Crippen molar-refractivity contribution >= 4 is 0 Å². The van der Waals surface area contributed by atoms with Gasteiger partial charge >= 0.3 is 0 Å². The zero-order valence-electron chi connectivity index (χ0n) is 8.38. The van der Waals surface area contributed by atoms with E-state index in [2.05, 4.69) is 50.0 Å². The second-order valence-electron chi connectivity index (χ2n) is 3.76. The van der Waals surface area contributed by atoms with Gasteiger partial charge in [0.15, 0.2) is 0 Å². The Morgan fingerprint density at radius 2 is 1.92 bits per heavy atom. The maximum atomic E-state index is 3.78. The lowest BCUT2D eigenvalue weighted by Gasteiger charge is -2.21. The van der Waals surface area contributed by atoms with Gasteiger partial charge < -0.3 is 5.32 Å². The fourth-order valence-corrected chi connectivity index (χ4v) is 0.998. The predicted octanol–water partition coefficient (Wildman–Crippen LogP) is 2.74. The van der Waals surface area contributed by atoms with Crippen LogP contribution in [0.3, 0.4) is 0 Å². The highest BCUT2D eigenvalue weighted by molar-refractivity contribution is 5.15. The van der Waals surface area contributed by atoms with Crippen LogP contribution < -0.4 is 5.32 Å². The summed E-state index contributed by atoms with van der Waals surface area (Å²) in [5, 5.41) is 3.41. The van der Waals surface area contributed by atoms with E-state index in [0.717, 1.165) is 6.54 Å². The van der Waals surface area contributed by atoms with Gasteiger partial charge in [0, 0.05) is 12.1 Å². The minimum atomic E-state index is 0.00976. The average Bonchev–Trinajstić information content (AvgIpc) is 2.17. The molecule has 0 atom stereocenters. The van der Waals surface area contributed by atoms with E-state index in [1.807, 2.05) is 12.1 Å². The second-order valence-corrected chi connectivity index (χ2v) is 3.76. The molecule has 0 bridgehead atoms. The first-order chi connectivity index (χ1) is 6.14. The van der Waals surface area contributed by atoms with Crippen molar-refractivity contribution in [2.24, 2.45) is 0 Å². The van der Waals surface area contributed by atoms with Gasteiger partial charge in [-0.3, -0.25) is 0 Å². The average molecular weight is 175 g/mol. The van der Waals surface area contributed by atoms with Crippen molar-refractivity contribution in [3.05, 3.63) is 48.6 Å². The van der Waals surface area contributed by atoms with Crippen LogP contribution >= 0.6 is 0 Å². The molecule has 1 N–H and O–H groups in total. The van der Waals surface area contributed by atoms with E-state index in [0.29, 0.717) is 0 Å². The topological polar surface area (TPSA) is 12.0 Å². The molecular weight excluding hydrogens is 158 g/mol. The normalized spacial score (nSPS) is 11.2. The third-order valence-corrected chi connectivity index (χ3v) is 2.10. The van der Waals surface area contributed by atoms with Gasteiger partial charge in [-0.15, -0.1) is 6.58 Å². The molecule has 0 heterocycles. The Hall–Kier alpha value is -1.08. The smallest absolute Gasteiger partial charge is 0.0307 e. The number of hydrogen-bond donors (Lipinski definition) is 1. The van der Waals surface area contributed by atoms with Crippen LogP contribution in [0.5, 0.6) is 0 Å². The minimum absolute atomic E-state index is 0.00976. The van der Waals surface area contributed by atoms with Crippen molar-refractivity contribution in [3.63, 3.8) is 0 Å². The van der Waals surface area contributed by atoms with Gasteiger partial charge in [0.1, 0.15) is 0 Å². The summed E-state index contributed by atoms with van der Waals surface area (Å²) < 4.78 is 0. The molecule has 0 saturated heterocycles. The molecule has 0 unspecified atom stereocenters. The van der Waals surface area contributed by atoms with Crippen LogP contribution in [0, 0.1) is 0 Å². The first-order valence-corrected chi connectivity index (χ1v) is 4.56. The van der Waals surface area contributed by atoms with Crippen molar-refractivity contribution in [3.8, 4) is 0 Å². The van der Waals surface area contributed by atoms with E-state index in [9.17, 15) is 0 Å². The number of hydrogen-bond acceptors (Lipinski definition) is 1. The molecule has 0 fully saturated rings. The Morgan fingerprint density at radius 1 is 1.31 bits per heavy atom. The summed E-state index contributed by atoms with van der Waals surface area (Å²) in [5.41, 5.74) is 1.31.